The number of thiophene rings is 1. The van der Waals surface area contributed by atoms with Crippen molar-refractivity contribution in [1.29, 1.82) is 0 Å². The number of fused-ring (bicyclic) bond motifs is 2. The number of rotatable bonds is 3. The maximum absolute atomic E-state index is 12.1. The third kappa shape index (κ3) is 2.35. The molecular formula is C15H21N3O2S. The van der Waals surface area contributed by atoms with Crippen molar-refractivity contribution in [2.75, 3.05) is 26.2 Å². The quantitative estimate of drug-likeness (QED) is 0.782. The Kier molecular flexibility index (Phi) is 3.20. The first-order valence-corrected chi connectivity index (χ1v) is 8.51. The van der Waals surface area contributed by atoms with Crippen molar-refractivity contribution in [3.63, 3.8) is 0 Å². The number of hydrogen-bond donors (Lipinski definition) is 3. The molecule has 0 radical (unpaired) electrons. The standard InChI is InChI=1S/C15H21N3O2S/c1-15(11-3-5-21-12(11)2-4-20-15)8-17-14(19)18-13-9-6-16-7-10(9)13/h3,5,9-10,13,16H,2,4,6-8H2,1H3,(H2,17,18,19)/t9-,10+,13?,15?. The summed E-state index contributed by atoms with van der Waals surface area (Å²) >= 11 is 1.78. The van der Waals surface area contributed by atoms with Crippen LogP contribution in [-0.4, -0.2) is 38.3 Å². The van der Waals surface area contributed by atoms with Gasteiger partial charge in [-0.15, -0.1) is 11.3 Å². The third-order valence-corrected chi connectivity index (χ3v) is 6.02. The second-order valence-corrected chi connectivity index (χ2v) is 7.43. The maximum atomic E-state index is 12.1. The van der Waals surface area contributed by atoms with Gasteiger partial charge in [-0.3, -0.25) is 0 Å². The van der Waals surface area contributed by atoms with E-state index < -0.39 is 5.60 Å². The minimum atomic E-state index is -0.397. The lowest BCUT2D eigenvalue weighted by molar-refractivity contribution is -0.0418. The predicted octanol–water partition coefficient (Wildman–Crippen LogP) is 1.05. The van der Waals surface area contributed by atoms with E-state index >= 15 is 0 Å². The molecule has 2 aliphatic heterocycles. The van der Waals surface area contributed by atoms with E-state index in [2.05, 4.69) is 34.3 Å². The van der Waals surface area contributed by atoms with Gasteiger partial charge in [-0.2, -0.15) is 0 Å². The zero-order chi connectivity index (χ0) is 14.4. The molecule has 1 aromatic rings. The highest BCUT2D eigenvalue weighted by Gasteiger charge is 2.53. The highest BCUT2D eigenvalue weighted by Crippen LogP contribution is 2.41. The maximum Gasteiger partial charge on any atom is 0.315 e. The van der Waals surface area contributed by atoms with Gasteiger partial charge in [0.15, 0.2) is 0 Å². The van der Waals surface area contributed by atoms with Gasteiger partial charge in [-0.25, -0.2) is 4.79 Å². The first kappa shape index (κ1) is 13.5. The van der Waals surface area contributed by atoms with Gasteiger partial charge in [0.1, 0.15) is 5.60 Å². The summed E-state index contributed by atoms with van der Waals surface area (Å²) in [6, 6.07) is 2.42. The highest BCUT2D eigenvalue weighted by atomic mass is 32.1. The monoisotopic (exact) mass is 307 g/mol. The summed E-state index contributed by atoms with van der Waals surface area (Å²) in [7, 11) is 0. The molecule has 1 aliphatic carbocycles. The average molecular weight is 307 g/mol. The molecular weight excluding hydrogens is 286 g/mol. The zero-order valence-electron chi connectivity index (χ0n) is 12.1. The minimum Gasteiger partial charge on any atom is -0.368 e. The van der Waals surface area contributed by atoms with Gasteiger partial charge >= 0.3 is 6.03 Å². The minimum absolute atomic E-state index is 0.0680. The second kappa shape index (κ2) is 4.97. The van der Waals surface area contributed by atoms with Crippen LogP contribution in [0.15, 0.2) is 11.4 Å². The fraction of sp³-hybridized carbons (Fsp3) is 0.667. The van der Waals surface area contributed by atoms with Crippen LogP contribution >= 0.6 is 11.3 Å². The molecule has 1 saturated heterocycles. The van der Waals surface area contributed by atoms with Crippen LogP contribution in [-0.2, 0) is 16.8 Å². The topological polar surface area (TPSA) is 62.4 Å². The summed E-state index contributed by atoms with van der Waals surface area (Å²) in [6.45, 7) is 5.38. The molecule has 21 heavy (non-hydrogen) atoms. The molecule has 0 spiro atoms. The van der Waals surface area contributed by atoms with Crippen LogP contribution in [0.3, 0.4) is 0 Å². The highest BCUT2D eigenvalue weighted by molar-refractivity contribution is 7.10. The molecule has 0 bridgehead atoms. The van der Waals surface area contributed by atoms with E-state index in [9.17, 15) is 4.79 Å². The Labute approximate surface area is 128 Å². The first-order chi connectivity index (χ1) is 10.2. The molecule has 1 saturated carbocycles. The Morgan fingerprint density at radius 3 is 3.14 bits per heavy atom. The van der Waals surface area contributed by atoms with E-state index in [1.807, 2.05) is 0 Å². The number of urea groups is 1. The fourth-order valence-corrected chi connectivity index (χ4v) is 4.66. The van der Waals surface area contributed by atoms with Gasteiger partial charge in [-0.1, -0.05) is 0 Å². The molecule has 3 heterocycles. The number of amides is 2. The summed E-state index contributed by atoms with van der Waals surface area (Å²) in [4.78, 5) is 13.4. The first-order valence-electron chi connectivity index (χ1n) is 7.63. The largest absolute Gasteiger partial charge is 0.368 e. The van der Waals surface area contributed by atoms with Crippen LogP contribution in [0.1, 0.15) is 17.4 Å². The number of carbonyl (C=O) groups excluding carboxylic acids is 1. The lowest BCUT2D eigenvalue weighted by Gasteiger charge is -2.34. The van der Waals surface area contributed by atoms with Crippen LogP contribution in [0.25, 0.3) is 0 Å². The average Bonchev–Trinajstić information content (AvgIpc) is 2.93. The molecule has 3 aliphatic rings. The van der Waals surface area contributed by atoms with Crippen molar-refractivity contribution < 1.29 is 9.53 Å². The van der Waals surface area contributed by atoms with Crippen LogP contribution in [0.4, 0.5) is 4.79 Å². The summed E-state index contributed by atoms with van der Waals surface area (Å²) in [6.07, 6.45) is 0.979. The van der Waals surface area contributed by atoms with Crippen molar-refractivity contribution in [1.82, 2.24) is 16.0 Å². The smallest absolute Gasteiger partial charge is 0.315 e. The van der Waals surface area contributed by atoms with E-state index in [-0.39, 0.29) is 6.03 Å². The van der Waals surface area contributed by atoms with Crippen molar-refractivity contribution in [3.05, 3.63) is 21.9 Å². The summed E-state index contributed by atoms with van der Waals surface area (Å²) < 4.78 is 5.95. The number of piperidine rings is 1. The van der Waals surface area contributed by atoms with Gasteiger partial charge in [-0.05, 0) is 35.8 Å². The van der Waals surface area contributed by atoms with Gasteiger partial charge in [0.25, 0.3) is 0 Å². The molecule has 114 valence electrons. The van der Waals surface area contributed by atoms with Crippen molar-refractivity contribution in [3.8, 4) is 0 Å². The fourth-order valence-electron chi connectivity index (χ4n) is 3.68. The van der Waals surface area contributed by atoms with Gasteiger partial charge in [0.05, 0.1) is 13.2 Å². The SMILES string of the molecule is CC1(CNC(=O)NC2[C@H]3CNC[C@@H]23)OCCc2sccc21. The van der Waals surface area contributed by atoms with Crippen molar-refractivity contribution in [2.45, 2.75) is 25.0 Å². The zero-order valence-corrected chi connectivity index (χ0v) is 13.0. The molecule has 2 amide bonds. The molecule has 2 unspecified atom stereocenters. The van der Waals surface area contributed by atoms with E-state index in [0.717, 1.165) is 26.1 Å². The molecule has 1 aromatic heterocycles. The molecule has 5 nitrogen and oxygen atoms in total. The molecule has 4 atom stereocenters. The Balaban J connectivity index is 1.33. The van der Waals surface area contributed by atoms with E-state index in [0.29, 0.717) is 24.4 Å². The molecule has 3 N–H and O–H groups in total. The molecule has 6 heteroatoms. The number of ether oxygens (including phenoxy) is 1. The number of carbonyl (C=O) groups is 1. The third-order valence-electron chi connectivity index (χ3n) is 5.04. The van der Waals surface area contributed by atoms with E-state index in [4.69, 9.17) is 4.74 Å². The van der Waals surface area contributed by atoms with E-state index in [1.165, 1.54) is 10.4 Å². The normalized spacial score (nSPS) is 36.7. The Hall–Kier alpha value is -1.11. The summed E-state index contributed by atoms with van der Waals surface area (Å²) in [5, 5.41) is 11.5. The number of nitrogens with one attached hydrogen (secondary N) is 3. The Morgan fingerprint density at radius 1 is 1.52 bits per heavy atom. The molecule has 4 rings (SSSR count). The Bertz CT molecular complexity index is 551. The lowest BCUT2D eigenvalue weighted by atomic mass is 9.93. The number of hydrogen-bond acceptors (Lipinski definition) is 4. The van der Waals surface area contributed by atoms with Crippen LogP contribution in [0.2, 0.25) is 0 Å². The molecule has 0 aromatic carbocycles. The van der Waals surface area contributed by atoms with E-state index in [1.54, 1.807) is 11.3 Å². The van der Waals surface area contributed by atoms with Crippen LogP contribution in [0.5, 0.6) is 0 Å². The van der Waals surface area contributed by atoms with Crippen LogP contribution in [0, 0.1) is 11.8 Å². The van der Waals surface area contributed by atoms with Gasteiger partial charge in [0.2, 0.25) is 0 Å². The lowest BCUT2D eigenvalue weighted by Crippen LogP contribution is -2.47. The Morgan fingerprint density at radius 2 is 2.33 bits per heavy atom. The van der Waals surface area contributed by atoms with Gasteiger partial charge in [0, 0.05) is 30.4 Å². The van der Waals surface area contributed by atoms with Crippen molar-refractivity contribution in [2.24, 2.45) is 11.8 Å². The predicted molar refractivity (Wildman–Crippen MR) is 81.5 cm³/mol. The summed E-state index contributed by atoms with van der Waals surface area (Å²) in [5.74, 6) is 1.28. The second-order valence-electron chi connectivity index (χ2n) is 6.43. The van der Waals surface area contributed by atoms with Gasteiger partial charge < -0.3 is 20.7 Å². The summed E-state index contributed by atoms with van der Waals surface area (Å²) in [5.41, 5.74) is 0.831. The van der Waals surface area contributed by atoms with Crippen LogP contribution < -0.4 is 16.0 Å². The van der Waals surface area contributed by atoms with Crippen molar-refractivity contribution >= 4 is 17.4 Å². The molecule has 2 fully saturated rings.